The van der Waals surface area contributed by atoms with Gasteiger partial charge in [-0.05, 0) is 55.7 Å². The van der Waals surface area contributed by atoms with Crippen molar-refractivity contribution in [2.24, 2.45) is 0 Å². The molecule has 1 fully saturated rings. The first-order valence-electron chi connectivity index (χ1n) is 8.02. The fourth-order valence-corrected chi connectivity index (χ4v) is 3.75. The molecule has 108 valence electrons. The number of hydrogen-bond donors (Lipinski definition) is 0. The Morgan fingerprint density at radius 3 is 2.71 bits per heavy atom. The molecular formula is C19H21NO. The van der Waals surface area contributed by atoms with Crippen molar-refractivity contribution < 1.29 is 4.74 Å². The molecule has 0 atom stereocenters. The van der Waals surface area contributed by atoms with Gasteiger partial charge in [-0.25, -0.2) is 0 Å². The molecule has 1 saturated carbocycles. The van der Waals surface area contributed by atoms with Crippen LogP contribution in [0.4, 0.5) is 0 Å². The zero-order chi connectivity index (χ0) is 14.4. The topological polar surface area (TPSA) is 22.1 Å². The van der Waals surface area contributed by atoms with Crippen molar-refractivity contribution >= 4 is 16.3 Å². The standard InChI is InChI=1S/C19H21NO/c1-12-13(2)21-17-11-16(14-6-4-3-5-7-14)10-15-8-9-20-19(12)18(15)17/h8-11,14H,3-7H2,1-2H3. The molecule has 2 aliphatic rings. The lowest BCUT2D eigenvalue weighted by Crippen LogP contribution is -2.08. The van der Waals surface area contributed by atoms with Crippen LogP contribution in [0.5, 0.6) is 5.75 Å². The van der Waals surface area contributed by atoms with Gasteiger partial charge in [0.25, 0.3) is 0 Å². The van der Waals surface area contributed by atoms with E-state index < -0.39 is 0 Å². The van der Waals surface area contributed by atoms with Crippen molar-refractivity contribution in [2.75, 3.05) is 0 Å². The van der Waals surface area contributed by atoms with Crippen molar-refractivity contribution in [2.45, 2.75) is 51.9 Å². The van der Waals surface area contributed by atoms with Crippen LogP contribution in [0.15, 0.2) is 30.2 Å². The molecule has 0 amide bonds. The fourth-order valence-electron chi connectivity index (χ4n) is 3.75. The summed E-state index contributed by atoms with van der Waals surface area (Å²) in [6, 6.07) is 6.74. The molecule has 1 aromatic carbocycles. The summed E-state index contributed by atoms with van der Waals surface area (Å²) in [6.07, 6.45) is 8.67. The minimum absolute atomic E-state index is 0.701. The lowest BCUT2D eigenvalue weighted by atomic mass is 9.83. The first-order valence-corrected chi connectivity index (χ1v) is 8.02. The van der Waals surface area contributed by atoms with Gasteiger partial charge in [-0.3, -0.25) is 4.98 Å². The van der Waals surface area contributed by atoms with Crippen LogP contribution in [0.25, 0.3) is 16.3 Å². The lowest BCUT2D eigenvalue weighted by molar-refractivity contribution is 0.423. The fraction of sp³-hybridized carbons (Fsp3) is 0.421. The molecule has 21 heavy (non-hydrogen) atoms. The maximum absolute atomic E-state index is 6.09. The average Bonchev–Trinajstić information content (AvgIpc) is 2.53. The smallest absolute Gasteiger partial charge is 0.137 e. The van der Waals surface area contributed by atoms with E-state index in [9.17, 15) is 0 Å². The van der Waals surface area contributed by atoms with Gasteiger partial charge in [0, 0.05) is 11.8 Å². The largest absolute Gasteiger partial charge is 0.461 e. The molecule has 2 nitrogen and oxygen atoms in total. The molecule has 0 saturated heterocycles. The SMILES string of the molecule is CC1=C(C)c2nccc3cc(C4CCCCC4)cc(c23)O1. The molecule has 4 rings (SSSR count). The quantitative estimate of drug-likeness (QED) is 0.694. The van der Waals surface area contributed by atoms with Crippen LogP contribution in [-0.2, 0) is 0 Å². The molecule has 0 radical (unpaired) electrons. The molecule has 2 aromatic rings. The highest BCUT2D eigenvalue weighted by Crippen LogP contribution is 2.42. The second kappa shape index (κ2) is 4.87. The highest BCUT2D eigenvalue weighted by Gasteiger charge is 2.22. The monoisotopic (exact) mass is 279 g/mol. The molecule has 0 spiro atoms. The maximum Gasteiger partial charge on any atom is 0.137 e. The zero-order valence-electron chi connectivity index (χ0n) is 12.8. The molecule has 0 N–H and O–H groups in total. The van der Waals surface area contributed by atoms with E-state index >= 15 is 0 Å². The Hall–Kier alpha value is -1.83. The number of aromatic nitrogens is 1. The third-order valence-electron chi connectivity index (χ3n) is 5.07. The van der Waals surface area contributed by atoms with Crippen molar-refractivity contribution in [1.82, 2.24) is 4.98 Å². The Bertz CT molecular complexity index is 739. The van der Waals surface area contributed by atoms with E-state index in [-0.39, 0.29) is 0 Å². The predicted molar refractivity (Wildman–Crippen MR) is 86.5 cm³/mol. The van der Waals surface area contributed by atoms with E-state index in [1.165, 1.54) is 48.4 Å². The van der Waals surface area contributed by atoms with Crippen LogP contribution in [-0.4, -0.2) is 4.98 Å². The number of benzene rings is 1. The van der Waals surface area contributed by atoms with Gasteiger partial charge in [0.1, 0.15) is 11.5 Å². The summed E-state index contributed by atoms with van der Waals surface area (Å²) in [6.45, 7) is 4.13. The van der Waals surface area contributed by atoms with E-state index in [2.05, 4.69) is 30.1 Å². The van der Waals surface area contributed by atoms with Gasteiger partial charge in [0.05, 0.1) is 11.1 Å². The van der Waals surface area contributed by atoms with Crippen molar-refractivity contribution in [3.8, 4) is 5.75 Å². The Kier molecular flexibility index (Phi) is 2.99. The van der Waals surface area contributed by atoms with E-state index in [0.29, 0.717) is 5.92 Å². The summed E-state index contributed by atoms with van der Waals surface area (Å²) >= 11 is 0. The van der Waals surface area contributed by atoms with Gasteiger partial charge in [0.2, 0.25) is 0 Å². The Morgan fingerprint density at radius 2 is 1.90 bits per heavy atom. The Morgan fingerprint density at radius 1 is 1.10 bits per heavy atom. The number of rotatable bonds is 1. The molecule has 0 bridgehead atoms. The molecule has 1 aromatic heterocycles. The summed E-state index contributed by atoms with van der Waals surface area (Å²) < 4.78 is 6.09. The van der Waals surface area contributed by atoms with E-state index in [4.69, 9.17) is 4.74 Å². The second-order valence-corrected chi connectivity index (χ2v) is 6.39. The van der Waals surface area contributed by atoms with Crippen LogP contribution >= 0.6 is 0 Å². The summed E-state index contributed by atoms with van der Waals surface area (Å²) in [5.74, 6) is 2.68. The highest BCUT2D eigenvalue weighted by molar-refractivity contribution is 5.98. The molecule has 2 heteroatoms. The number of nitrogens with zero attached hydrogens (tertiary/aromatic N) is 1. The van der Waals surface area contributed by atoms with Gasteiger partial charge in [0.15, 0.2) is 0 Å². The Labute approximate surface area is 125 Å². The molecule has 2 heterocycles. The molecular weight excluding hydrogens is 258 g/mol. The van der Waals surface area contributed by atoms with Gasteiger partial charge in [-0.1, -0.05) is 25.3 Å². The van der Waals surface area contributed by atoms with Crippen LogP contribution in [0.2, 0.25) is 0 Å². The minimum Gasteiger partial charge on any atom is -0.461 e. The number of pyridine rings is 1. The van der Waals surface area contributed by atoms with Crippen LogP contribution in [0, 0.1) is 0 Å². The van der Waals surface area contributed by atoms with E-state index in [0.717, 1.165) is 22.8 Å². The summed E-state index contributed by atoms with van der Waals surface area (Å²) in [4.78, 5) is 4.57. The van der Waals surface area contributed by atoms with Gasteiger partial charge < -0.3 is 4.74 Å². The van der Waals surface area contributed by atoms with E-state index in [1.54, 1.807) is 0 Å². The van der Waals surface area contributed by atoms with Crippen molar-refractivity contribution in [1.29, 1.82) is 0 Å². The predicted octanol–water partition coefficient (Wildman–Crippen LogP) is 5.43. The van der Waals surface area contributed by atoms with E-state index in [1.807, 2.05) is 13.1 Å². The number of allylic oxidation sites excluding steroid dienone is 2. The van der Waals surface area contributed by atoms with Gasteiger partial charge >= 0.3 is 0 Å². The summed E-state index contributed by atoms with van der Waals surface area (Å²) in [5, 5.41) is 2.45. The second-order valence-electron chi connectivity index (χ2n) is 6.39. The third kappa shape index (κ3) is 2.05. The number of hydrogen-bond acceptors (Lipinski definition) is 2. The summed E-state index contributed by atoms with van der Waals surface area (Å²) in [5.41, 5.74) is 3.68. The average molecular weight is 279 g/mol. The lowest BCUT2D eigenvalue weighted by Gasteiger charge is -2.25. The van der Waals surface area contributed by atoms with Gasteiger partial charge in [-0.2, -0.15) is 0 Å². The van der Waals surface area contributed by atoms with Crippen LogP contribution in [0.1, 0.15) is 63.1 Å². The van der Waals surface area contributed by atoms with Crippen molar-refractivity contribution in [3.05, 3.63) is 41.4 Å². The first-order chi connectivity index (χ1) is 10.2. The first kappa shape index (κ1) is 12.9. The minimum atomic E-state index is 0.701. The highest BCUT2D eigenvalue weighted by atomic mass is 16.5. The van der Waals surface area contributed by atoms with Crippen LogP contribution in [0.3, 0.4) is 0 Å². The molecule has 0 unspecified atom stereocenters. The van der Waals surface area contributed by atoms with Crippen LogP contribution < -0.4 is 4.74 Å². The normalized spacial score (nSPS) is 19.0. The Balaban J connectivity index is 1.89. The van der Waals surface area contributed by atoms with Crippen molar-refractivity contribution in [3.63, 3.8) is 0 Å². The molecule has 1 aliphatic heterocycles. The summed E-state index contributed by atoms with van der Waals surface area (Å²) in [7, 11) is 0. The zero-order valence-corrected chi connectivity index (χ0v) is 12.8. The number of ether oxygens (including phenoxy) is 1. The molecule has 1 aliphatic carbocycles. The third-order valence-corrected chi connectivity index (χ3v) is 5.07. The maximum atomic E-state index is 6.09. The van der Waals surface area contributed by atoms with Gasteiger partial charge in [-0.15, -0.1) is 0 Å².